The third-order valence-corrected chi connectivity index (χ3v) is 4.56. The molecule has 27 heavy (non-hydrogen) atoms. The van der Waals surface area contributed by atoms with Gasteiger partial charge in [0, 0.05) is 5.56 Å². The minimum Gasteiger partial charge on any atom is -0.486 e. The molecule has 136 valence electrons. The Balaban J connectivity index is 1.40. The van der Waals surface area contributed by atoms with Crippen LogP contribution in [0.2, 0.25) is 0 Å². The maximum absolute atomic E-state index is 12.7. The number of amides is 1. The number of ether oxygens (including phenoxy) is 2. The third-order valence-electron chi connectivity index (χ3n) is 4.56. The van der Waals surface area contributed by atoms with Gasteiger partial charge < -0.3 is 14.8 Å². The van der Waals surface area contributed by atoms with Crippen LogP contribution in [-0.4, -0.2) is 25.2 Å². The molecule has 1 N–H and O–H groups in total. The highest BCUT2D eigenvalue weighted by atomic mass is 16.6. The van der Waals surface area contributed by atoms with Crippen molar-refractivity contribution in [2.45, 2.75) is 12.5 Å². The summed E-state index contributed by atoms with van der Waals surface area (Å²) in [5, 5.41) is 2.98. The number of hydrogen-bond acceptors (Lipinski definition) is 3. The first kappa shape index (κ1) is 17.2. The van der Waals surface area contributed by atoms with Crippen LogP contribution in [0.3, 0.4) is 0 Å². The fraction of sp³-hybridized carbons (Fsp3) is 0.174. The molecule has 0 bridgehead atoms. The number of para-hydroxylation sites is 2. The smallest absolute Gasteiger partial charge is 0.251 e. The van der Waals surface area contributed by atoms with Crippen LogP contribution in [0, 0.1) is 0 Å². The van der Waals surface area contributed by atoms with Gasteiger partial charge in [-0.2, -0.15) is 0 Å². The van der Waals surface area contributed by atoms with E-state index in [1.165, 1.54) is 5.56 Å². The molecule has 4 heteroatoms. The molecule has 4 nitrogen and oxygen atoms in total. The monoisotopic (exact) mass is 359 g/mol. The van der Waals surface area contributed by atoms with Crippen LogP contribution < -0.4 is 14.8 Å². The second-order valence-corrected chi connectivity index (χ2v) is 6.53. The zero-order valence-corrected chi connectivity index (χ0v) is 14.9. The predicted molar refractivity (Wildman–Crippen MR) is 104 cm³/mol. The maximum atomic E-state index is 12.7. The molecule has 1 unspecified atom stereocenters. The fourth-order valence-electron chi connectivity index (χ4n) is 3.18. The van der Waals surface area contributed by atoms with Crippen molar-refractivity contribution in [2.24, 2.45) is 0 Å². The Labute approximate surface area is 158 Å². The van der Waals surface area contributed by atoms with Gasteiger partial charge in [0.1, 0.15) is 12.7 Å². The second-order valence-electron chi connectivity index (χ2n) is 6.53. The lowest BCUT2D eigenvalue weighted by atomic mass is 9.99. The van der Waals surface area contributed by atoms with Gasteiger partial charge in [0.25, 0.3) is 5.91 Å². The lowest BCUT2D eigenvalue weighted by molar-refractivity contribution is 0.0789. The summed E-state index contributed by atoms with van der Waals surface area (Å²) in [5.74, 6) is 1.37. The largest absolute Gasteiger partial charge is 0.486 e. The van der Waals surface area contributed by atoms with E-state index in [1.807, 2.05) is 66.7 Å². The molecule has 0 fully saturated rings. The van der Waals surface area contributed by atoms with Crippen molar-refractivity contribution in [2.75, 3.05) is 13.2 Å². The Hall–Kier alpha value is -3.27. The topological polar surface area (TPSA) is 47.6 Å². The van der Waals surface area contributed by atoms with Crippen LogP contribution in [0.1, 0.15) is 21.5 Å². The second kappa shape index (κ2) is 7.96. The standard InChI is InChI=1S/C23H21NO3/c25-23(24-15-19-16-26-21-12-6-7-13-22(21)27-19)20-11-5-4-10-18(20)14-17-8-2-1-3-9-17/h1-13,19H,14-16H2,(H,24,25). The molecule has 3 aromatic rings. The number of hydrogen-bond donors (Lipinski definition) is 1. The van der Waals surface area contributed by atoms with Gasteiger partial charge >= 0.3 is 0 Å². The maximum Gasteiger partial charge on any atom is 0.251 e. The number of benzene rings is 3. The predicted octanol–water partition coefficient (Wildman–Crippen LogP) is 3.85. The van der Waals surface area contributed by atoms with Crippen molar-refractivity contribution in [1.82, 2.24) is 5.32 Å². The molecular formula is C23H21NO3. The van der Waals surface area contributed by atoms with Crippen molar-refractivity contribution in [3.8, 4) is 11.5 Å². The van der Waals surface area contributed by atoms with Gasteiger partial charge in [-0.05, 0) is 35.7 Å². The molecule has 1 heterocycles. The highest BCUT2D eigenvalue weighted by molar-refractivity contribution is 5.95. The Morgan fingerprint density at radius 3 is 2.44 bits per heavy atom. The average molecular weight is 359 g/mol. The van der Waals surface area contributed by atoms with E-state index in [2.05, 4.69) is 17.4 Å². The molecule has 0 radical (unpaired) electrons. The molecule has 1 amide bonds. The summed E-state index contributed by atoms with van der Waals surface area (Å²) in [6.45, 7) is 0.815. The van der Waals surface area contributed by atoms with Gasteiger partial charge in [0.05, 0.1) is 6.54 Å². The van der Waals surface area contributed by atoms with Crippen LogP contribution in [0.4, 0.5) is 0 Å². The van der Waals surface area contributed by atoms with Crippen LogP contribution in [0.25, 0.3) is 0 Å². The van der Waals surface area contributed by atoms with E-state index in [1.54, 1.807) is 0 Å². The minimum absolute atomic E-state index is 0.0935. The van der Waals surface area contributed by atoms with Gasteiger partial charge in [-0.15, -0.1) is 0 Å². The number of nitrogens with one attached hydrogen (secondary N) is 1. The van der Waals surface area contributed by atoms with Crippen LogP contribution in [0.5, 0.6) is 11.5 Å². The first-order valence-electron chi connectivity index (χ1n) is 9.08. The average Bonchev–Trinajstić information content (AvgIpc) is 2.73. The van der Waals surface area contributed by atoms with Gasteiger partial charge in [-0.1, -0.05) is 60.7 Å². The van der Waals surface area contributed by atoms with E-state index in [-0.39, 0.29) is 12.0 Å². The molecule has 4 rings (SSSR count). The lowest BCUT2D eigenvalue weighted by Gasteiger charge is -2.26. The summed E-state index contributed by atoms with van der Waals surface area (Å²) >= 11 is 0. The normalized spacial score (nSPS) is 15.2. The van der Waals surface area contributed by atoms with E-state index < -0.39 is 0 Å². The van der Waals surface area contributed by atoms with E-state index in [0.717, 1.165) is 17.7 Å². The molecule has 1 atom stereocenters. The molecular weight excluding hydrogens is 338 g/mol. The zero-order chi connectivity index (χ0) is 18.5. The van der Waals surface area contributed by atoms with Crippen molar-refractivity contribution in [3.05, 3.63) is 95.6 Å². The first-order chi connectivity index (χ1) is 13.3. The van der Waals surface area contributed by atoms with Crippen LogP contribution in [0.15, 0.2) is 78.9 Å². The van der Waals surface area contributed by atoms with Gasteiger partial charge in [-0.3, -0.25) is 4.79 Å². The zero-order valence-electron chi connectivity index (χ0n) is 14.9. The van der Waals surface area contributed by atoms with Crippen molar-refractivity contribution in [1.29, 1.82) is 0 Å². The number of rotatable bonds is 5. The Bertz CT molecular complexity index is 924. The summed E-state index contributed by atoms with van der Waals surface area (Å²) in [4.78, 5) is 12.7. The number of fused-ring (bicyclic) bond motifs is 1. The Morgan fingerprint density at radius 2 is 1.59 bits per heavy atom. The summed E-state index contributed by atoms with van der Waals surface area (Å²) in [6, 6.07) is 25.4. The quantitative estimate of drug-likeness (QED) is 0.753. The highest BCUT2D eigenvalue weighted by Crippen LogP contribution is 2.30. The van der Waals surface area contributed by atoms with Crippen molar-refractivity contribution >= 4 is 5.91 Å². The number of carbonyl (C=O) groups excluding carboxylic acids is 1. The SMILES string of the molecule is O=C(NCC1COc2ccccc2O1)c1ccccc1Cc1ccccc1. The molecule has 0 aromatic heterocycles. The van der Waals surface area contributed by atoms with Crippen LogP contribution >= 0.6 is 0 Å². The summed E-state index contributed by atoms with van der Waals surface area (Å²) < 4.78 is 11.6. The molecule has 1 aliphatic heterocycles. The molecule has 0 saturated heterocycles. The number of carbonyl (C=O) groups is 1. The first-order valence-corrected chi connectivity index (χ1v) is 9.08. The van der Waals surface area contributed by atoms with Crippen molar-refractivity contribution in [3.63, 3.8) is 0 Å². The summed E-state index contributed by atoms with van der Waals surface area (Å²) in [5.41, 5.74) is 2.88. The summed E-state index contributed by atoms with van der Waals surface area (Å²) in [6.07, 6.45) is 0.519. The van der Waals surface area contributed by atoms with E-state index in [4.69, 9.17) is 9.47 Å². The van der Waals surface area contributed by atoms with Crippen molar-refractivity contribution < 1.29 is 14.3 Å². The highest BCUT2D eigenvalue weighted by Gasteiger charge is 2.21. The molecule has 3 aromatic carbocycles. The van der Waals surface area contributed by atoms with E-state index in [9.17, 15) is 4.79 Å². The molecule has 0 spiro atoms. The molecule has 0 saturated carbocycles. The van der Waals surface area contributed by atoms with E-state index >= 15 is 0 Å². The van der Waals surface area contributed by atoms with Crippen LogP contribution in [-0.2, 0) is 6.42 Å². The lowest BCUT2D eigenvalue weighted by Crippen LogP contribution is -2.40. The third kappa shape index (κ3) is 4.11. The summed E-state index contributed by atoms with van der Waals surface area (Å²) in [7, 11) is 0. The van der Waals surface area contributed by atoms with Gasteiger partial charge in [0.15, 0.2) is 11.5 Å². The fourth-order valence-corrected chi connectivity index (χ4v) is 3.18. The molecule has 1 aliphatic rings. The van der Waals surface area contributed by atoms with Gasteiger partial charge in [-0.25, -0.2) is 0 Å². The minimum atomic E-state index is -0.204. The van der Waals surface area contributed by atoms with E-state index in [0.29, 0.717) is 24.5 Å². The Kier molecular flexibility index (Phi) is 5.06. The van der Waals surface area contributed by atoms with Gasteiger partial charge in [0.2, 0.25) is 0 Å². The molecule has 0 aliphatic carbocycles. The Morgan fingerprint density at radius 1 is 0.889 bits per heavy atom.